The molecule has 2 rings (SSSR count). The molecule has 2 N–H and O–H groups in total. The van der Waals surface area contributed by atoms with Crippen molar-refractivity contribution in [3.63, 3.8) is 0 Å². The Bertz CT molecular complexity index is 691. The van der Waals surface area contributed by atoms with Crippen LogP contribution in [0.25, 0.3) is 0 Å². The van der Waals surface area contributed by atoms with Crippen molar-refractivity contribution in [2.45, 2.75) is 31.9 Å². The SMILES string of the molecule is Cc1cc(CO)cc(S(=O)(=O)NCc2ccsc2)c1C. The van der Waals surface area contributed by atoms with Gasteiger partial charge in [-0.15, -0.1) is 0 Å². The number of nitrogens with one attached hydrogen (secondary N) is 1. The van der Waals surface area contributed by atoms with Crippen molar-refractivity contribution in [3.05, 3.63) is 51.2 Å². The lowest BCUT2D eigenvalue weighted by Crippen LogP contribution is -2.24. The Morgan fingerprint density at radius 3 is 2.60 bits per heavy atom. The number of aliphatic hydroxyl groups excluding tert-OH is 1. The molecule has 0 aliphatic carbocycles. The van der Waals surface area contributed by atoms with Crippen LogP contribution in [0.3, 0.4) is 0 Å². The van der Waals surface area contributed by atoms with Gasteiger partial charge in [0.25, 0.3) is 0 Å². The van der Waals surface area contributed by atoms with E-state index >= 15 is 0 Å². The van der Waals surface area contributed by atoms with Crippen molar-refractivity contribution in [1.82, 2.24) is 4.72 Å². The predicted octanol–water partition coefficient (Wildman–Crippen LogP) is 2.34. The monoisotopic (exact) mass is 311 g/mol. The molecule has 6 heteroatoms. The normalized spacial score (nSPS) is 11.8. The van der Waals surface area contributed by atoms with E-state index in [-0.39, 0.29) is 18.0 Å². The summed E-state index contributed by atoms with van der Waals surface area (Å²) in [6.07, 6.45) is 0. The van der Waals surface area contributed by atoms with Crippen LogP contribution in [-0.2, 0) is 23.2 Å². The van der Waals surface area contributed by atoms with Gasteiger partial charge in [-0.3, -0.25) is 0 Å². The minimum atomic E-state index is -3.58. The smallest absolute Gasteiger partial charge is 0.241 e. The Kier molecular flexibility index (Phi) is 4.59. The molecule has 0 saturated heterocycles. The van der Waals surface area contributed by atoms with E-state index in [1.165, 1.54) is 17.4 Å². The van der Waals surface area contributed by atoms with Gasteiger partial charge in [0.1, 0.15) is 0 Å². The molecule has 108 valence electrons. The molecule has 0 bridgehead atoms. The van der Waals surface area contributed by atoms with Gasteiger partial charge in [-0.25, -0.2) is 13.1 Å². The van der Waals surface area contributed by atoms with Crippen molar-refractivity contribution in [1.29, 1.82) is 0 Å². The van der Waals surface area contributed by atoms with Gasteiger partial charge in [0.15, 0.2) is 0 Å². The van der Waals surface area contributed by atoms with E-state index in [0.29, 0.717) is 11.1 Å². The molecule has 1 heterocycles. The van der Waals surface area contributed by atoms with Gasteiger partial charge in [0.2, 0.25) is 10.0 Å². The quantitative estimate of drug-likeness (QED) is 0.890. The first kappa shape index (κ1) is 15.2. The van der Waals surface area contributed by atoms with Gasteiger partial charge < -0.3 is 5.11 Å². The lowest BCUT2D eigenvalue weighted by Gasteiger charge is -2.12. The number of sulfonamides is 1. The van der Waals surface area contributed by atoms with Crippen LogP contribution in [0.5, 0.6) is 0 Å². The highest BCUT2D eigenvalue weighted by Gasteiger charge is 2.18. The Labute approximate surface area is 123 Å². The maximum atomic E-state index is 12.4. The average Bonchev–Trinajstić information content (AvgIpc) is 2.92. The van der Waals surface area contributed by atoms with Crippen LogP contribution in [0.1, 0.15) is 22.3 Å². The lowest BCUT2D eigenvalue weighted by molar-refractivity contribution is 0.281. The molecule has 0 aliphatic heterocycles. The average molecular weight is 311 g/mol. The molecule has 2 aromatic rings. The molecule has 0 unspecified atom stereocenters. The molecule has 1 aromatic heterocycles. The number of hydrogen-bond acceptors (Lipinski definition) is 4. The van der Waals surface area contributed by atoms with E-state index in [9.17, 15) is 13.5 Å². The van der Waals surface area contributed by atoms with Crippen LogP contribution in [-0.4, -0.2) is 13.5 Å². The van der Waals surface area contributed by atoms with Gasteiger partial charge in [0.05, 0.1) is 11.5 Å². The van der Waals surface area contributed by atoms with E-state index in [0.717, 1.165) is 11.1 Å². The van der Waals surface area contributed by atoms with E-state index in [1.54, 1.807) is 13.0 Å². The molecule has 0 radical (unpaired) electrons. The lowest BCUT2D eigenvalue weighted by atomic mass is 10.1. The number of rotatable bonds is 5. The zero-order valence-electron chi connectivity index (χ0n) is 11.4. The second kappa shape index (κ2) is 6.05. The van der Waals surface area contributed by atoms with E-state index in [2.05, 4.69) is 4.72 Å². The largest absolute Gasteiger partial charge is 0.392 e. The van der Waals surface area contributed by atoms with Gasteiger partial charge in [-0.1, -0.05) is 6.07 Å². The Morgan fingerprint density at radius 2 is 2.00 bits per heavy atom. The minimum Gasteiger partial charge on any atom is -0.392 e. The summed E-state index contributed by atoms with van der Waals surface area (Å²) in [5, 5.41) is 13.0. The Hall–Kier alpha value is -1.21. The van der Waals surface area contributed by atoms with Gasteiger partial charge in [0, 0.05) is 6.54 Å². The summed E-state index contributed by atoms with van der Waals surface area (Å²) in [4.78, 5) is 0.233. The topological polar surface area (TPSA) is 66.4 Å². The number of hydrogen-bond donors (Lipinski definition) is 2. The highest BCUT2D eigenvalue weighted by Crippen LogP contribution is 2.21. The first-order valence-electron chi connectivity index (χ1n) is 6.16. The Morgan fingerprint density at radius 1 is 1.25 bits per heavy atom. The van der Waals surface area contributed by atoms with Crippen LogP contribution in [0.15, 0.2) is 33.9 Å². The summed E-state index contributed by atoms with van der Waals surface area (Å²) < 4.78 is 27.4. The summed E-state index contributed by atoms with van der Waals surface area (Å²) in [7, 11) is -3.58. The predicted molar refractivity (Wildman–Crippen MR) is 80.2 cm³/mol. The summed E-state index contributed by atoms with van der Waals surface area (Å²) in [5.74, 6) is 0. The molecule has 0 saturated carbocycles. The number of aliphatic hydroxyl groups is 1. The molecular weight excluding hydrogens is 294 g/mol. The molecule has 0 amide bonds. The zero-order chi connectivity index (χ0) is 14.8. The van der Waals surface area contributed by atoms with Crippen molar-refractivity contribution in [2.75, 3.05) is 0 Å². The van der Waals surface area contributed by atoms with Crippen LogP contribution in [0.4, 0.5) is 0 Å². The van der Waals surface area contributed by atoms with Crippen LogP contribution in [0.2, 0.25) is 0 Å². The Balaban J connectivity index is 2.31. The highest BCUT2D eigenvalue weighted by molar-refractivity contribution is 7.89. The van der Waals surface area contributed by atoms with E-state index < -0.39 is 10.0 Å². The molecule has 0 atom stereocenters. The number of thiophene rings is 1. The summed E-state index contributed by atoms with van der Waals surface area (Å²) in [5.41, 5.74) is 3.10. The van der Waals surface area contributed by atoms with E-state index in [4.69, 9.17) is 0 Å². The van der Waals surface area contributed by atoms with Crippen molar-refractivity contribution >= 4 is 21.4 Å². The van der Waals surface area contributed by atoms with E-state index in [1.807, 2.05) is 23.8 Å². The standard InChI is InChI=1S/C14H17NO3S2/c1-10-5-13(8-16)6-14(11(10)2)20(17,18)15-7-12-3-4-19-9-12/h3-6,9,15-16H,7-8H2,1-2H3. The summed E-state index contributed by atoms with van der Waals surface area (Å²) in [6, 6.07) is 5.21. The molecule has 0 aliphatic rings. The fourth-order valence-electron chi connectivity index (χ4n) is 1.92. The zero-order valence-corrected chi connectivity index (χ0v) is 13.0. The molecular formula is C14H17NO3S2. The third-order valence-electron chi connectivity index (χ3n) is 3.20. The van der Waals surface area contributed by atoms with Crippen molar-refractivity contribution in [2.24, 2.45) is 0 Å². The summed E-state index contributed by atoms with van der Waals surface area (Å²) in [6.45, 7) is 3.71. The molecule has 0 spiro atoms. The summed E-state index contributed by atoms with van der Waals surface area (Å²) >= 11 is 1.53. The maximum Gasteiger partial charge on any atom is 0.241 e. The van der Waals surface area contributed by atoms with Gasteiger partial charge in [-0.2, -0.15) is 11.3 Å². The number of aryl methyl sites for hydroxylation is 1. The fourth-order valence-corrected chi connectivity index (χ4v) is 3.97. The minimum absolute atomic E-state index is 0.172. The van der Waals surface area contributed by atoms with Crippen LogP contribution >= 0.6 is 11.3 Å². The first-order chi connectivity index (χ1) is 9.44. The second-order valence-electron chi connectivity index (χ2n) is 4.65. The van der Waals surface area contributed by atoms with Crippen molar-refractivity contribution in [3.8, 4) is 0 Å². The van der Waals surface area contributed by atoms with Crippen molar-refractivity contribution < 1.29 is 13.5 Å². The molecule has 1 aromatic carbocycles. The van der Waals surface area contributed by atoms with Gasteiger partial charge in [-0.05, 0) is 59.0 Å². The van der Waals surface area contributed by atoms with Crippen LogP contribution < -0.4 is 4.72 Å². The first-order valence-corrected chi connectivity index (χ1v) is 8.58. The third kappa shape index (κ3) is 3.27. The maximum absolute atomic E-state index is 12.4. The third-order valence-corrected chi connectivity index (χ3v) is 5.46. The van der Waals surface area contributed by atoms with Gasteiger partial charge >= 0.3 is 0 Å². The molecule has 0 fully saturated rings. The molecule has 4 nitrogen and oxygen atoms in total. The van der Waals surface area contributed by atoms with Crippen LogP contribution in [0, 0.1) is 13.8 Å². The fraction of sp³-hybridized carbons (Fsp3) is 0.286. The molecule has 20 heavy (non-hydrogen) atoms. The second-order valence-corrected chi connectivity index (χ2v) is 7.17. The highest BCUT2D eigenvalue weighted by atomic mass is 32.2. The number of benzene rings is 1.